The summed E-state index contributed by atoms with van der Waals surface area (Å²) in [6, 6.07) is 4.11. The number of furan rings is 1. The molecule has 0 radical (unpaired) electrons. The molecule has 0 spiro atoms. The van der Waals surface area contributed by atoms with E-state index in [0.717, 1.165) is 16.5 Å². The molecule has 1 N–H and O–H groups in total. The van der Waals surface area contributed by atoms with Gasteiger partial charge >= 0.3 is 0 Å². The summed E-state index contributed by atoms with van der Waals surface area (Å²) in [5, 5.41) is 3.86. The third kappa shape index (κ3) is 3.73. The first-order valence-corrected chi connectivity index (χ1v) is 10.4. The maximum absolute atomic E-state index is 12.5. The van der Waals surface area contributed by atoms with Gasteiger partial charge in [-0.3, -0.25) is 4.79 Å². The van der Waals surface area contributed by atoms with E-state index >= 15 is 0 Å². The Morgan fingerprint density at radius 1 is 1.36 bits per heavy atom. The Morgan fingerprint density at radius 2 is 2.08 bits per heavy atom. The fraction of sp³-hybridized carbons (Fsp3) is 0.526. The number of carbonyl (C=O) groups is 1. The van der Waals surface area contributed by atoms with Gasteiger partial charge in [-0.15, -0.1) is 0 Å². The predicted octanol–water partition coefficient (Wildman–Crippen LogP) is 3.10. The third-order valence-electron chi connectivity index (χ3n) is 4.96. The highest BCUT2D eigenvalue weighted by atomic mass is 32.2. The van der Waals surface area contributed by atoms with Crippen molar-refractivity contribution in [3.63, 3.8) is 0 Å². The van der Waals surface area contributed by atoms with Crippen LogP contribution in [-0.4, -0.2) is 31.4 Å². The van der Waals surface area contributed by atoms with Gasteiger partial charge in [0.2, 0.25) is 5.91 Å². The molecule has 1 aliphatic heterocycles. The summed E-state index contributed by atoms with van der Waals surface area (Å²) in [5.74, 6) is 0.363. The van der Waals surface area contributed by atoms with Gasteiger partial charge in [0.15, 0.2) is 9.84 Å². The highest BCUT2D eigenvalue weighted by Crippen LogP contribution is 2.29. The van der Waals surface area contributed by atoms with E-state index in [1.807, 2.05) is 6.07 Å². The van der Waals surface area contributed by atoms with Crippen LogP contribution in [0, 0.1) is 6.92 Å². The Balaban J connectivity index is 1.81. The Bertz CT molecular complexity index is 926. The topological polar surface area (TPSA) is 76.4 Å². The largest absolute Gasteiger partial charge is 0.464 e. The highest BCUT2D eigenvalue weighted by molar-refractivity contribution is 7.91. The molecule has 0 bridgehead atoms. The van der Waals surface area contributed by atoms with Gasteiger partial charge in [0, 0.05) is 10.9 Å². The molecule has 2 heterocycles. The molecule has 2 aromatic rings. The second-order valence-corrected chi connectivity index (χ2v) is 9.93. The summed E-state index contributed by atoms with van der Waals surface area (Å²) >= 11 is 0. The van der Waals surface area contributed by atoms with E-state index in [2.05, 4.69) is 32.2 Å². The molecule has 1 saturated heterocycles. The van der Waals surface area contributed by atoms with E-state index in [-0.39, 0.29) is 23.8 Å². The number of amides is 1. The number of hydrogen-bond acceptors (Lipinski definition) is 4. The van der Waals surface area contributed by atoms with Crippen LogP contribution in [0.25, 0.3) is 11.0 Å². The molecule has 1 aromatic carbocycles. The number of aryl methyl sites for hydroxylation is 1. The van der Waals surface area contributed by atoms with Crippen molar-refractivity contribution in [3.05, 3.63) is 35.1 Å². The molecule has 0 saturated carbocycles. The molecule has 5 nitrogen and oxygen atoms in total. The summed E-state index contributed by atoms with van der Waals surface area (Å²) < 4.78 is 29.0. The zero-order valence-corrected chi connectivity index (χ0v) is 16.0. The molecule has 3 rings (SSSR count). The van der Waals surface area contributed by atoms with Gasteiger partial charge in [0.05, 0.1) is 29.7 Å². The minimum Gasteiger partial charge on any atom is -0.464 e. The van der Waals surface area contributed by atoms with Crippen LogP contribution in [-0.2, 0) is 21.1 Å². The zero-order valence-electron chi connectivity index (χ0n) is 15.2. The van der Waals surface area contributed by atoms with Crippen molar-refractivity contribution in [2.24, 2.45) is 0 Å². The quantitative estimate of drug-likeness (QED) is 0.905. The number of rotatable bonds is 4. The van der Waals surface area contributed by atoms with Gasteiger partial charge < -0.3 is 9.73 Å². The first kappa shape index (κ1) is 18.0. The number of carbonyl (C=O) groups excluding carboxylic acids is 1. The predicted molar refractivity (Wildman–Crippen MR) is 98.6 cm³/mol. The van der Waals surface area contributed by atoms with Crippen LogP contribution in [0.2, 0.25) is 0 Å². The second-order valence-electron chi connectivity index (χ2n) is 7.75. The lowest BCUT2D eigenvalue weighted by molar-refractivity contribution is -0.121. The minimum absolute atomic E-state index is 0.00850. The molecular weight excluding hydrogens is 338 g/mol. The van der Waals surface area contributed by atoms with Crippen molar-refractivity contribution in [2.75, 3.05) is 11.5 Å². The number of benzene rings is 1. The summed E-state index contributed by atoms with van der Waals surface area (Å²) in [6.45, 7) is 8.14. The third-order valence-corrected chi connectivity index (χ3v) is 6.86. The standard InChI is InChI=1S/C19H25NO4S/c1-12(2)15-9-16-14(10-24-17(16)7-13(15)3)8-18(21)20-19(4)5-6-25(22,23)11-19/h7,9-10,12H,5-6,8,11H2,1-4H3,(H,20,21). The van der Waals surface area contributed by atoms with Crippen molar-refractivity contribution in [1.82, 2.24) is 5.32 Å². The van der Waals surface area contributed by atoms with Crippen LogP contribution in [0.5, 0.6) is 0 Å². The number of fused-ring (bicyclic) bond motifs is 1. The first-order chi connectivity index (χ1) is 11.6. The first-order valence-electron chi connectivity index (χ1n) is 8.61. The molecule has 6 heteroatoms. The molecular formula is C19H25NO4S. The molecule has 1 aromatic heterocycles. The van der Waals surface area contributed by atoms with Gasteiger partial charge in [-0.1, -0.05) is 13.8 Å². The van der Waals surface area contributed by atoms with Crippen LogP contribution in [0.1, 0.15) is 49.8 Å². The van der Waals surface area contributed by atoms with Gasteiger partial charge in [-0.05, 0) is 49.4 Å². The average Bonchev–Trinajstić information content (AvgIpc) is 2.97. The number of sulfone groups is 1. The van der Waals surface area contributed by atoms with Gasteiger partial charge in [0.1, 0.15) is 5.58 Å². The Morgan fingerprint density at radius 3 is 2.68 bits per heavy atom. The molecule has 1 atom stereocenters. The minimum atomic E-state index is -3.05. The van der Waals surface area contributed by atoms with E-state index < -0.39 is 15.4 Å². The van der Waals surface area contributed by atoms with Crippen LogP contribution in [0.4, 0.5) is 0 Å². The van der Waals surface area contributed by atoms with Crippen molar-refractivity contribution in [1.29, 1.82) is 0 Å². The van der Waals surface area contributed by atoms with Gasteiger partial charge in [-0.2, -0.15) is 0 Å². The molecule has 25 heavy (non-hydrogen) atoms. The van der Waals surface area contributed by atoms with E-state index in [9.17, 15) is 13.2 Å². The summed E-state index contributed by atoms with van der Waals surface area (Å²) in [4.78, 5) is 12.5. The van der Waals surface area contributed by atoms with Gasteiger partial charge in [0.25, 0.3) is 0 Å². The van der Waals surface area contributed by atoms with Crippen molar-refractivity contribution < 1.29 is 17.6 Å². The molecule has 1 fully saturated rings. The van der Waals surface area contributed by atoms with E-state index in [1.54, 1.807) is 13.2 Å². The molecule has 1 unspecified atom stereocenters. The lowest BCUT2D eigenvalue weighted by atomic mass is 9.95. The SMILES string of the molecule is Cc1cc2occ(CC(=O)NC3(C)CCS(=O)(=O)C3)c2cc1C(C)C. The highest BCUT2D eigenvalue weighted by Gasteiger charge is 2.39. The van der Waals surface area contributed by atoms with Crippen LogP contribution in [0.3, 0.4) is 0 Å². The second kappa shape index (κ2) is 6.16. The zero-order chi connectivity index (χ0) is 18.4. The molecule has 1 aliphatic rings. The van der Waals surface area contributed by atoms with Crippen LogP contribution < -0.4 is 5.32 Å². The Hall–Kier alpha value is -1.82. The lowest BCUT2D eigenvalue weighted by Crippen LogP contribution is -2.47. The van der Waals surface area contributed by atoms with Crippen LogP contribution in [0.15, 0.2) is 22.8 Å². The summed E-state index contributed by atoms with van der Waals surface area (Å²) in [6.07, 6.45) is 2.27. The van der Waals surface area contributed by atoms with Crippen molar-refractivity contribution in [2.45, 2.75) is 52.0 Å². The van der Waals surface area contributed by atoms with Crippen LogP contribution >= 0.6 is 0 Å². The van der Waals surface area contributed by atoms with Gasteiger partial charge in [-0.25, -0.2) is 8.42 Å². The van der Waals surface area contributed by atoms with E-state index in [1.165, 1.54) is 11.1 Å². The molecule has 136 valence electrons. The van der Waals surface area contributed by atoms with E-state index in [0.29, 0.717) is 12.3 Å². The van der Waals surface area contributed by atoms with Crippen molar-refractivity contribution >= 4 is 26.7 Å². The fourth-order valence-electron chi connectivity index (χ4n) is 3.67. The maximum Gasteiger partial charge on any atom is 0.225 e. The smallest absolute Gasteiger partial charge is 0.225 e. The Kier molecular flexibility index (Phi) is 4.43. The maximum atomic E-state index is 12.5. The Labute approximate surface area is 148 Å². The number of hydrogen-bond donors (Lipinski definition) is 1. The molecule has 1 amide bonds. The van der Waals surface area contributed by atoms with Crippen molar-refractivity contribution in [3.8, 4) is 0 Å². The molecule has 0 aliphatic carbocycles. The summed E-state index contributed by atoms with van der Waals surface area (Å²) in [7, 11) is -3.05. The average molecular weight is 363 g/mol. The lowest BCUT2D eigenvalue weighted by Gasteiger charge is -2.23. The fourth-order valence-corrected chi connectivity index (χ4v) is 5.76. The summed E-state index contributed by atoms with van der Waals surface area (Å²) in [5.41, 5.74) is 3.36. The van der Waals surface area contributed by atoms with E-state index in [4.69, 9.17) is 4.42 Å². The number of nitrogens with one attached hydrogen (secondary N) is 1. The normalized spacial score (nSPS) is 22.6. The monoisotopic (exact) mass is 363 g/mol.